The maximum atomic E-state index is 6.91. The van der Waals surface area contributed by atoms with Gasteiger partial charge in [-0.3, -0.25) is 0 Å². The van der Waals surface area contributed by atoms with Gasteiger partial charge in [0, 0.05) is 10.8 Å². The Kier molecular flexibility index (Phi) is 5.93. The van der Waals surface area contributed by atoms with E-state index in [0.29, 0.717) is 0 Å². The summed E-state index contributed by atoms with van der Waals surface area (Å²) in [6.07, 6.45) is 0. The summed E-state index contributed by atoms with van der Waals surface area (Å²) < 4.78 is 13.8. The molecule has 0 aromatic heterocycles. The van der Waals surface area contributed by atoms with Crippen LogP contribution in [0.5, 0.6) is 11.5 Å². The first-order valence-corrected chi connectivity index (χ1v) is 18.2. The Bertz CT molecular complexity index is 1270. The SMILES string of the molecule is CC(C)(C)[Si](C)(C)Oc1cc2c3ccccc3c(O[Si](C)(C)C(C)(C)C)cc2c2ccccc12. The maximum Gasteiger partial charge on any atom is 0.250 e. The summed E-state index contributed by atoms with van der Waals surface area (Å²) in [6, 6.07) is 21.9. The largest absolute Gasteiger partial charge is 0.543 e. The van der Waals surface area contributed by atoms with E-state index < -0.39 is 16.6 Å². The molecule has 0 heterocycles. The summed E-state index contributed by atoms with van der Waals surface area (Å²) in [7, 11) is -4.00. The van der Waals surface area contributed by atoms with Gasteiger partial charge in [-0.25, -0.2) is 0 Å². The third-order valence-corrected chi connectivity index (χ3v) is 16.8. The molecule has 180 valence electrons. The maximum absolute atomic E-state index is 6.91. The molecule has 0 fully saturated rings. The second-order valence-corrected chi connectivity index (χ2v) is 22.1. The summed E-state index contributed by atoms with van der Waals surface area (Å²) in [5.74, 6) is 2.00. The molecule has 0 aliphatic rings. The molecule has 0 aliphatic carbocycles. The number of benzene rings is 4. The van der Waals surface area contributed by atoms with E-state index in [1.54, 1.807) is 0 Å². The number of rotatable bonds is 4. The van der Waals surface area contributed by atoms with Crippen LogP contribution in [0.1, 0.15) is 41.5 Å². The lowest BCUT2D eigenvalue weighted by Gasteiger charge is -2.37. The molecular weight excluding hydrogens is 449 g/mol. The van der Waals surface area contributed by atoms with Crippen molar-refractivity contribution in [1.82, 2.24) is 0 Å². The zero-order valence-corrected chi connectivity index (χ0v) is 24.6. The van der Waals surface area contributed by atoms with Crippen molar-refractivity contribution in [3.05, 3.63) is 60.7 Å². The molecule has 34 heavy (non-hydrogen) atoms. The van der Waals surface area contributed by atoms with Crippen LogP contribution in [-0.4, -0.2) is 16.6 Å². The number of hydrogen-bond acceptors (Lipinski definition) is 2. The van der Waals surface area contributed by atoms with Crippen LogP contribution in [0.25, 0.3) is 32.3 Å². The van der Waals surface area contributed by atoms with Crippen LogP contribution < -0.4 is 8.85 Å². The van der Waals surface area contributed by atoms with Crippen molar-refractivity contribution in [2.75, 3.05) is 0 Å². The summed E-state index contributed by atoms with van der Waals surface area (Å²) in [5, 5.41) is 7.51. The van der Waals surface area contributed by atoms with Gasteiger partial charge in [0.05, 0.1) is 0 Å². The Labute approximate surface area is 207 Å². The standard InChI is InChI=1S/C30H40O2Si2/c1-29(2,3)33(7,8)31-27-19-25-22-16-12-14-18-24(22)28(32-34(9,10)30(4,5)6)20-26(25)21-15-11-13-17-23(21)27/h11-20H,1-10H3. The van der Waals surface area contributed by atoms with E-state index in [4.69, 9.17) is 8.85 Å². The predicted molar refractivity (Wildman–Crippen MR) is 155 cm³/mol. The van der Waals surface area contributed by atoms with Gasteiger partial charge in [-0.1, -0.05) is 90.1 Å². The number of fused-ring (bicyclic) bond motifs is 5. The third-order valence-electron chi connectivity index (χ3n) is 8.15. The zero-order valence-electron chi connectivity index (χ0n) is 22.6. The Morgan fingerprint density at radius 2 is 0.765 bits per heavy atom. The van der Waals surface area contributed by atoms with Crippen LogP contribution in [0.3, 0.4) is 0 Å². The summed E-state index contributed by atoms with van der Waals surface area (Å²) >= 11 is 0. The lowest BCUT2D eigenvalue weighted by Crippen LogP contribution is -2.44. The van der Waals surface area contributed by atoms with E-state index in [0.717, 1.165) is 11.5 Å². The van der Waals surface area contributed by atoms with Gasteiger partial charge in [-0.05, 0) is 69.9 Å². The minimum absolute atomic E-state index is 0.131. The van der Waals surface area contributed by atoms with Crippen LogP contribution in [0.4, 0.5) is 0 Å². The minimum atomic E-state index is -2.00. The Morgan fingerprint density at radius 1 is 0.471 bits per heavy atom. The fourth-order valence-corrected chi connectivity index (χ4v) is 5.96. The molecular formula is C30H40O2Si2. The quantitative estimate of drug-likeness (QED) is 0.210. The second-order valence-electron chi connectivity index (χ2n) is 12.7. The molecule has 2 nitrogen and oxygen atoms in total. The van der Waals surface area contributed by atoms with Gasteiger partial charge in [-0.15, -0.1) is 0 Å². The molecule has 0 unspecified atom stereocenters. The highest BCUT2D eigenvalue weighted by molar-refractivity contribution is 6.75. The van der Waals surface area contributed by atoms with Crippen LogP contribution in [-0.2, 0) is 0 Å². The summed E-state index contributed by atoms with van der Waals surface area (Å²) in [4.78, 5) is 0. The molecule has 0 radical (unpaired) electrons. The first kappa shape index (κ1) is 24.8. The Hall–Kier alpha value is -2.31. The molecule has 0 N–H and O–H groups in total. The molecule has 0 saturated heterocycles. The zero-order chi connectivity index (χ0) is 25.1. The molecule has 0 spiro atoms. The van der Waals surface area contributed by atoms with E-state index in [1.165, 1.54) is 32.3 Å². The van der Waals surface area contributed by atoms with Crippen LogP contribution in [0.2, 0.25) is 36.3 Å². The van der Waals surface area contributed by atoms with E-state index in [-0.39, 0.29) is 10.1 Å². The van der Waals surface area contributed by atoms with Gasteiger partial charge in [0.15, 0.2) is 0 Å². The van der Waals surface area contributed by atoms with E-state index in [1.807, 2.05) is 0 Å². The molecule has 0 saturated carbocycles. The highest BCUT2D eigenvalue weighted by Gasteiger charge is 2.40. The first-order chi connectivity index (χ1) is 15.6. The van der Waals surface area contributed by atoms with E-state index >= 15 is 0 Å². The van der Waals surface area contributed by atoms with Gasteiger partial charge in [0.2, 0.25) is 0 Å². The third kappa shape index (κ3) is 4.27. The molecule has 0 aliphatic heterocycles. The van der Waals surface area contributed by atoms with Gasteiger partial charge in [0.25, 0.3) is 16.6 Å². The van der Waals surface area contributed by atoms with Crippen molar-refractivity contribution >= 4 is 49.0 Å². The normalized spacial score (nSPS) is 13.6. The fourth-order valence-electron chi connectivity index (χ4n) is 3.91. The van der Waals surface area contributed by atoms with Crippen LogP contribution in [0.15, 0.2) is 60.7 Å². The highest BCUT2D eigenvalue weighted by Crippen LogP contribution is 2.45. The first-order valence-electron chi connectivity index (χ1n) is 12.4. The molecule has 0 atom stereocenters. The van der Waals surface area contributed by atoms with Crippen molar-refractivity contribution in [2.24, 2.45) is 0 Å². The highest BCUT2D eigenvalue weighted by atomic mass is 28.4. The van der Waals surface area contributed by atoms with Crippen molar-refractivity contribution in [3.8, 4) is 11.5 Å². The lowest BCUT2D eigenvalue weighted by molar-refractivity contribution is 0.496. The smallest absolute Gasteiger partial charge is 0.250 e. The molecule has 4 rings (SSSR count). The topological polar surface area (TPSA) is 18.5 Å². The minimum Gasteiger partial charge on any atom is -0.543 e. The van der Waals surface area contributed by atoms with Gasteiger partial charge < -0.3 is 8.85 Å². The lowest BCUT2D eigenvalue weighted by atomic mass is 9.96. The van der Waals surface area contributed by atoms with Crippen molar-refractivity contribution in [3.63, 3.8) is 0 Å². The van der Waals surface area contributed by atoms with Crippen LogP contribution >= 0.6 is 0 Å². The average molecular weight is 489 g/mol. The Morgan fingerprint density at radius 3 is 1.06 bits per heavy atom. The second kappa shape index (κ2) is 8.13. The summed E-state index contributed by atoms with van der Waals surface area (Å²) in [5.41, 5.74) is 0. The average Bonchev–Trinajstić information content (AvgIpc) is 2.72. The Balaban J connectivity index is 2.04. The number of hydrogen-bond donors (Lipinski definition) is 0. The van der Waals surface area contributed by atoms with E-state index in [9.17, 15) is 0 Å². The van der Waals surface area contributed by atoms with Gasteiger partial charge >= 0.3 is 0 Å². The van der Waals surface area contributed by atoms with Crippen LogP contribution in [0, 0.1) is 0 Å². The van der Waals surface area contributed by atoms with E-state index in [2.05, 4.69) is 128 Å². The molecule has 0 amide bonds. The monoisotopic (exact) mass is 488 g/mol. The van der Waals surface area contributed by atoms with Gasteiger partial charge in [-0.2, -0.15) is 0 Å². The molecule has 4 aromatic carbocycles. The summed E-state index contributed by atoms with van der Waals surface area (Å²) in [6.45, 7) is 23.0. The molecule has 4 aromatic rings. The fraction of sp³-hybridized carbons (Fsp3) is 0.400. The molecule has 0 bridgehead atoms. The van der Waals surface area contributed by atoms with Crippen molar-refractivity contribution < 1.29 is 8.85 Å². The van der Waals surface area contributed by atoms with Gasteiger partial charge in [0.1, 0.15) is 11.5 Å². The molecule has 4 heteroatoms. The van der Waals surface area contributed by atoms with Crippen molar-refractivity contribution in [1.29, 1.82) is 0 Å². The predicted octanol–water partition coefficient (Wildman–Crippen LogP) is 9.91. The van der Waals surface area contributed by atoms with Crippen molar-refractivity contribution in [2.45, 2.75) is 77.8 Å².